The predicted molar refractivity (Wildman–Crippen MR) is 98.7 cm³/mol. The van der Waals surface area contributed by atoms with Gasteiger partial charge >= 0.3 is 6.18 Å². The minimum atomic E-state index is -4.42. The van der Waals surface area contributed by atoms with Crippen LogP contribution in [0.1, 0.15) is 32.9 Å². The molecule has 2 aromatic rings. The molecule has 0 atom stereocenters. The van der Waals surface area contributed by atoms with Gasteiger partial charge in [-0.15, -0.1) is 0 Å². The Labute approximate surface area is 161 Å². The number of carbonyl (C=O) groups is 1. The van der Waals surface area contributed by atoms with Crippen LogP contribution in [0.25, 0.3) is 0 Å². The Kier molecular flexibility index (Phi) is 6.04. The van der Waals surface area contributed by atoms with Crippen LogP contribution in [0.2, 0.25) is 0 Å². The summed E-state index contributed by atoms with van der Waals surface area (Å²) in [7, 11) is 3.76. The molecule has 1 amide bonds. The van der Waals surface area contributed by atoms with Crippen molar-refractivity contribution < 1.29 is 18.0 Å². The zero-order chi connectivity index (χ0) is 20.3. The molecule has 2 N–H and O–H groups in total. The van der Waals surface area contributed by atoms with Gasteiger partial charge in [-0.3, -0.25) is 9.89 Å². The van der Waals surface area contributed by atoms with E-state index < -0.39 is 11.7 Å². The molecule has 2 heterocycles. The number of likely N-dealkylation sites (N-methyl/N-ethyl adjacent to an activating group) is 1. The summed E-state index contributed by atoms with van der Waals surface area (Å²) in [4.78, 5) is 16.6. The Morgan fingerprint density at radius 2 is 2.04 bits per heavy atom. The van der Waals surface area contributed by atoms with Crippen molar-refractivity contribution in [2.45, 2.75) is 25.7 Å². The first-order valence-corrected chi connectivity index (χ1v) is 9.12. The van der Waals surface area contributed by atoms with Crippen LogP contribution >= 0.6 is 0 Å². The van der Waals surface area contributed by atoms with Crippen LogP contribution in [0.3, 0.4) is 0 Å². The Morgan fingerprint density at radius 3 is 2.75 bits per heavy atom. The van der Waals surface area contributed by atoms with Crippen molar-refractivity contribution in [1.29, 1.82) is 0 Å². The number of H-pyrrole nitrogens is 1. The lowest BCUT2D eigenvalue weighted by Crippen LogP contribution is -2.37. The van der Waals surface area contributed by atoms with Crippen molar-refractivity contribution in [2.24, 2.45) is 0 Å². The molecule has 152 valence electrons. The predicted octanol–water partition coefficient (Wildman–Crippen LogP) is 2.28. The topological polar surface area (TPSA) is 64.3 Å². The molecular weight excluding hydrogens is 371 g/mol. The number of benzene rings is 1. The fraction of sp³-hybridized carbons (Fsp3) is 0.474. The first-order chi connectivity index (χ1) is 13.3. The van der Waals surface area contributed by atoms with Crippen molar-refractivity contribution >= 4 is 5.91 Å². The van der Waals surface area contributed by atoms with Gasteiger partial charge in [-0.05, 0) is 31.8 Å². The maximum atomic E-state index is 13.2. The van der Waals surface area contributed by atoms with Gasteiger partial charge in [0.05, 0.1) is 5.56 Å². The molecule has 0 bridgehead atoms. The number of carbonyl (C=O) groups excluding carboxylic acids is 1. The average molecular weight is 395 g/mol. The molecule has 0 aliphatic carbocycles. The highest BCUT2D eigenvalue weighted by Crippen LogP contribution is 2.30. The number of fused-ring (bicyclic) bond motifs is 1. The summed E-state index contributed by atoms with van der Waals surface area (Å²) in [6, 6.07) is 5.10. The van der Waals surface area contributed by atoms with Crippen molar-refractivity contribution in [3.63, 3.8) is 0 Å². The molecule has 6 nitrogen and oxygen atoms in total. The zero-order valence-corrected chi connectivity index (χ0v) is 15.9. The number of halogens is 3. The van der Waals surface area contributed by atoms with E-state index >= 15 is 0 Å². The Hall–Kier alpha value is -2.39. The van der Waals surface area contributed by atoms with Crippen molar-refractivity contribution in [2.75, 3.05) is 33.7 Å². The lowest BCUT2D eigenvalue weighted by molar-refractivity contribution is -0.137. The van der Waals surface area contributed by atoms with Crippen LogP contribution in [0.5, 0.6) is 0 Å². The number of aromatic amines is 1. The van der Waals surface area contributed by atoms with Gasteiger partial charge in [-0.25, -0.2) is 0 Å². The molecule has 28 heavy (non-hydrogen) atoms. The molecule has 1 aliphatic rings. The Morgan fingerprint density at radius 1 is 1.25 bits per heavy atom. The van der Waals surface area contributed by atoms with Gasteiger partial charge < -0.3 is 15.1 Å². The van der Waals surface area contributed by atoms with Gasteiger partial charge in [0.15, 0.2) is 5.69 Å². The molecule has 0 saturated carbocycles. The number of nitrogens with zero attached hydrogens (tertiary/aromatic N) is 3. The third-order valence-corrected chi connectivity index (χ3v) is 4.74. The smallest absolute Gasteiger partial charge is 0.332 e. The van der Waals surface area contributed by atoms with E-state index in [1.165, 1.54) is 6.07 Å². The highest BCUT2D eigenvalue weighted by Gasteiger charge is 2.31. The lowest BCUT2D eigenvalue weighted by atomic mass is 10.1. The summed E-state index contributed by atoms with van der Waals surface area (Å²) < 4.78 is 39.1. The summed E-state index contributed by atoms with van der Waals surface area (Å²) >= 11 is 0. The van der Waals surface area contributed by atoms with Gasteiger partial charge in [0.1, 0.15) is 0 Å². The van der Waals surface area contributed by atoms with Crippen molar-refractivity contribution in [3.8, 4) is 0 Å². The van der Waals surface area contributed by atoms with Crippen LogP contribution in [0, 0.1) is 0 Å². The Bertz CT molecular complexity index is 831. The lowest BCUT2D eigenvalue weighted by Gasteiger charge is -2.25. The molecule has 0 unspecified atom stereocenters. The van der Waals surface area contributed by atoms with Crippen LogP contribution in [-0.2, 0) is 25.7 Å². The largest absolute Gasteiger partial charge is 0.416 e. The quantitative estimate of drug-likeness (QED) is 0.788. The molecule has 0 spiro atoms. The first kappa shape index (κ1) is 20.3. The fourth-order valence-electron chi connectivity index (χ4n) is 3.19. The van der Waals surface area contributed by atoms with Gasteiger partial charge in [0, 0.05) is 50.4 Å². The van der Waals surface area contributed by atoms with E-state index in [9.17, 15) is 18.0 Å². The highest BCUT2D eigenvalue weighted by atomic mass is 19.4. The van der Waals surface area contributed by atoms with E-state index in [1.807, 2.05) is 19.0 Å². The zero-order valence-electron chi connectivity index (χ0n) is 15.9. The summed E-state index contributed by atoms with van der Waals surface area (Å²) in [5.41, 5.74) is 1.84. The van der Waals surface area contributed by atoms with Crippen LogP contribution < -0.4 is 5.32 Å². The van der Waals surface area contributed by atoms with E-state index in [4.69, 9.17) is 0 Å². The van der Waals surface area contributed by atoms with Gasteiger partial charge in [0.25, 0.3) is 5.91 Å². The standard InChI is InChI=1S/C19H24F3N5O/c1-26(2)8-9-27(12-13-4-3-5-14(10-13)19(20,21)22)18(28)17-15-11-23-7-6-16(15)24-25-17/h3-5,10,23H,6-9,11-12H2,1-2H3,(H,24,25). The maximum absolute atomic E-state index is 13.2. The summed E-state index contributed by atoms with van der Waals surface area (Å²) in [6.45, 7) is 2.44. The second-order valence-corrected chi connectivity index (χ2v) is 7.18. The molecule has 1 aromatic heterocycles. The van der Waals surface area contributed by atoms with Crippen molar-refractivity contribution in [3.05, 3.63) is 52.3 Å². The number of hydrogen-bond acceptors (Lipinski definition) is 4. The first-order valence-electron chi connectivity index (χ1n) is 9.12. The minimum absolute atomic E-state index is 0.0889. The Balaban J connectivity index is 1.85. The summed E-state index contributed by atoms with van der Waals surface area (Å²) in [5.74, 6) is -0.277. The van der Waals surface area contributed by atoms with Gasteiger partial charge in [0.2, 0.25) is 0 Å². The van der Waals surface area contributed by atoms with Crippen LogP contribution in [0.4, 0.5) is 13.2 Å². The van der Waals surface area contributed by atoms with Crippen molar-refractivity contribution in [1.82, 2.24) is 25.3 Å². The van der Waals surface area contributed by atoms with Gasteiger partial charge in [-0.2, -0.15) is 18.3 Å². The average Bonchev–Trinajstić information content (AvgIpc) is 3.08. The summed E-state index contributed by atoms with van der Waals surface area (Å²) in [6.07, 6.45) is -3.65. The monoisotopic (exact) mass is 395 g/mol. The number of aromatic nitrogens is 2. The van der Waals surface area contributed by atoms with E-state index in [1.54, 1.807) is 11.0 Å². The normalized spacial score (nSPS) is 14.2. The number of hydrogen-bond donors (Lipinski definition) is 2. The third-order valence-electron chi connectivity index (χ3n) is 4.74. The second kappa shape index (κ2) is 8.32. The summed E-state index contributed by atoms with van der Waals surface area (Å²) in [5, 5.41) is 10.3. The molecule has 0 saturated heterocycles. The van der Waals surface area contributed by atoms with Gasteiger partial charge in [-0.1, -0.05) is 12.1 Å². The third kappa shape index (κ3) is 4.71. The minimum Gasteiger partial charge on any atom is -0.332 e. The van der Waals surface area contributed by atoms with E-state index in [0.717, 1.165) is 36.4 Å². The highest BCUT2D eigenvalue weighted by molar-refractivity contribution is 5.94. The number of rotatable bonds is 6. The number of nitrogens with one attached hydrogen (secondary N) is 2. The molecule has 1 aromatic carbocycles. The number of alkyl halides is 3. The van der Waals surface area contributed by atoms with E-state index in [2.05, 4.69) is 15.5 Å². The molecule has 9 heteroatoms. The molecule has 1 aliphatic heterocycles. The molecule has 3 rings (SSSR count). The molecule has 0 radical (unpaired) electrons. The van der Waals surface area contributed by atoms with Crippen LogP contribution in [0.15, 0.2) is 24.3 Å². The SMILES string of the molecule is CN(C)CCN(Cc1cccc(C(F)(F)F)c1)C(=O)c1n[nH]c2c1CNCC2. The molecular formula is C19H24F3N5O. The number of amides is 1. The van der Waals surface area contributed by atoms with E-state index in [0.29, 0.717) is 30.9 Å². The van der Waals surface area contributed by atoms with Crippen LogP contribution in [-0.4, -0.2) is 59.6 Å². The molecule has 0 fully saturated rings. The van der Waals surface area contributed by atoms with E-state index in [-0.39, 0.29) is 12.5 Å². The fourth-order valence-corrected chi connectivity index (χ4v) is 3.19. The maximum Gasteiger partial charge on any atom is 0.416 e. The second-order valence-electron chi connectivity index (χ2n) is 7.18.